The molecule has 79 heavy (non-hydrogen) atoms. The second-order valence-electron chi connectivity index (χ2n) is 21.5. The molecule has 0 unspecified atom stereocenters. The van der Waals surface area contributed by atoms with Crippen molar-refractivity contribution in [3.05, 3.63) is 157 Å². The number of hydrogen-bond acceptors (Lipinski definition) is 12. The summed E-state index contributed by atoms with van der Waals surface area (Å²) < 4.78 is 17.8. The SMILES string of the molecule is CCN(c1cc(-c2ccc(COCCOc3ccc4c(c3)C(=O)N([C@H](C(=O)N3C[C@H](O)C[C@H]3C(=O)N[C@@H](C)c3ccc(-c5scnc5C)cc3)C(C)C)C4)cc2)cc(C(=O)NCc2c(C)cc(C)[nH]c2=O)c1C)C1CCOCC1. The Morgan fingerprint density at radius 3 is 2.33 bits per heavy atom. The van der Waals surface area contributed by atoms with Gasteiger partial charge in [0.2, 0.25) is 11.8 Å². The van der Waals surface area contributed by atoms with Crippen molar-refractivity contribution in [1.82, 2.24) is 30.4 Å². The first kappa shape index (κ1) is 56.5. The van der Waals surface area contributed by atoms with Crippen LogP contribution in [0.25, 0.3) is 21.6 Å². The van der Waals surface area contributed by atoms with Gasteiger partial charge in [-0.3, -0.25) is 24.0 Å². The van der Waals surface area contributed by atoms with Gasteiger partial charge in [0.05, 0.1) is 41.4 Å². The van der Waals surface area contributed by atoms with E-state index in [1.54, 1.807) is 22.3 Å². The van der Waals surface area contributed by atoms with Crippen LogP contribution in [0.3, 0.4) is 0 Å². The number of thiazole rings is 1. The van der Waals surface area contributed by atoms with E-state index in [0.717, 1.165) is 85.8 Å². The van der Waals surface area contributed by atoms with Crippen LogP contribution in [-0.4, -0.2) is 112 Å². The highest BCUT2D eigenvalue weighted by atomic mass is 32.1. The summed E-state index contributed by atoms with van der Waals surface area (Å²) in [5.41, 5.74) is 13.1. The summed E-state index contributed by atoms with van der Waals surface area (Å²) in [5, 5.41) is 16.9. The number of likely N-dealkylation sites (tertiary alicyclic amines) is 1. The lowest BCUT2D eigenvalue weighted by Crippen LogP contribution is -2.55. The van der Waals surface area contributed by atoms with Gasteiger partial charge in [0.15, 0.2) is 0 Å². The van der Waals surface area contributed by atoms with Crippen LogP contribution in [0.2, 0.25) is 0 Å². The summed E-state index contributed by atoms with van der Waals surface area (Å²) in [7, 11) is 0. The number of H-pyrrole nitrogens is 1. The van der Waals surface area contributed by atoms with Crippen LogP contribution in [0.1, 0.15) is 118 Å². The quantitative estimate of drug-likeness (QED) is 0.0534. The standard InChI is InChI=1S/C62H73N7O9S/c1-9-67(48-20-22-76-23-21-48)54-28-47(27-51(39(54)6)58(71)63-31-53-37(4)26-38(5)65-59(53)72)44-12-10-42(11-13-44)34-77-24-25-78-50-19-18-46-32-69(61(74)52(46)30-50)56(36(2)3)62(75)68-33-49(70)29-55(68)60(73)66-40(7)43-14-16-45(17-15-43)57-41(8)64-35-79-57/h10-19,26-28,30,35-36,40,48-49,55-56,70H,9,20-25,29,31-34H2,1-8H3,(H,63,71)(H,65,72)(H,66,73)/t40-,49+,55-,56-/m0/s1. The molecule has 4 atom stereocenters. The molecule has 0 bridgehead atoms. The Kier molecular flexibility index (Phi) is 17.8. The zero-order chi connectivity index (χ0) is 56.1. The van der Waals surface area contributed by atoms with Gasteiger partial charge in [-0.15, -0.1) is 11.3 Å². The molecule has 4 aromatic carbocycles. The van der Waals surface area contributed by atoms with Gasteiger partial charge in [-0.25, -0.2) is 4.98 Å². The van der Waals surface area contributed by atoms with E-state index < -0.39 is 18.2 Å². The predicted molar refractivity (Wildman–Crippen MR) is 306 cm³/mol. The van der Waals surface area contributed by atoms with Crippen LogP contribution in [0.4, 0.5) is 5.69 Å². The summed E-state index contributed by atoms with van der Waals surface area (Å²) >= 11 is 1.58. The molecule has 3 aliphatic heterocycles. The van der Waals surface area contributed by atoms with Crippen molar-refractivity contribution in [2.45, 2.75) is 125 Å². The van der Waals surface area contributed by atoms with E-state index in [4.69, 9.17) is 14.2 Å². The van der Waals surface area contributed by atoms with Crippen molar-refractivity contribution in [3.63, 3.8) is 0 Å². The molecule has 16 nitrogen and oxygen atoms in total. The molecule has 17 heteroatoms. The van der Waals surface area contributed by atoms with Gasteiger partial charge in [-0.05, 0) is 135 Å². The van der Waals surface area contributed by atoms with Crippen molar-refractivity contribution >= 4 is 40.7 Å². The number of carbonyl (C=O) groups excluding carboxylic acids is 4. The number of pyridine rings is 1. The number of amides is 4. The maximum atomic E-state index is 14.5. The van der Waals surface area contributed by atoms with Gasteiger partial charge >= 0.3 is 0 Å². The first-order chi connectivity index (χ1) is 38.0. The number of anilines is 1. The molecule has 0 spiro atoms. The first-order valence-corrected chi connectivity index (χ1v) is 28.4. The minimum Gasteiger partial charge on any atom is -0.491 e. The number of aromatic amines is 1. The monoisotopic (exact) mass is 1090 g/mol. The molecule has 416 valence electrons. The topological polar surface area (TPSA) is 196 Å². The molecule has 3 aliphatic rings. The maximum absolute atomic E-state index is 14.5. The lowest BCUT2D eigenvalue weighted by molar-refractivity contribution is -0.143. The average molecular weight is 1090 g/mol. The lowest BCUT2D eigenvalue weighted by atomic mass is 9.94. The molecular weight excluding hydrogens is 1020 g/mol. The number of nitrogens with one attached hydrogen (secondary N) is 3. The van der Waals surface area contributed by atoms with E-state index in [1.807, 2.05) is 127 Å². The second-order valence-corrected chi connectivity index (χ2v) is 22.3. The van der Waals surface area contributed by atoms with Crippen molar-refractivity contribution in [3.8, 4) is 27.3 Å². The van der Waals surface area contributed by atoms with Crippen molar-refractivity contribution in [1.29, 1.82) is 0 Å². The third-order valence-corrected chi connectivity index (χ3v) is 16.6. The van der Waals surface area contributed by atoms with Crippen LogP contribution in [0, 0.1) is 33.6 Å². The predicted octanol–water partition coefficient (Wildman–Crippen LogP) is 8.75. The molecule has 2 aromatic heterocycles. The number of ether oxygens (including phenoxy) is 3. The maximum Gasteiger partial charge on any atom is 0.255 e. The molecule has 0 radical (unpaired) electrons. The zero-order valence-electron chi connectivity index (χ0n) is 46.5. The third kappa shape index (κ3) is 12.7. The number of hydrogen-bond donors (Lipinski definition) is 4. The Bertz CT molecular complexity index is 3240. The third-order valence-electron chi connectivity index (χ3n) is 15.7. The van der Waals surface area contributed by atoms with Gasteiger partial charge in [0.25, 0.3) is 17.4 Å². The summed E-state index contributed by atoms with van der Waals surface area (Å²) in [6.45, 7) is 18.8. The van der Waals surface area contributed by atoms with Crippen LogP contribution in [0.5, 0.6) is 5.75 Å². The lowest BCUT2D eigenvalue weighted by Gasteiger charge is -2.37. The van der Waals surface area contributed by atoms with Crippen molar-refractivity contribution < 1.29 is 38.5 Å². The van der Waals surface area contributed by atoms with Crippen LogP contribution in [0.15, 0.2) is 95.2 Å². The number of aliphatic hydroxyl groups is 1. The van der Waals surface area contributed by atoms with Crippen LogP contribution < -0.4 is 25.8 Å². The molecule has 2 fully saturated rings. The van der Waals surface area contributed by atoms with Crippen molar-refractivity contribution in [2.75, 3.05) is 44.4 Å². The summed E-state index contributed by atoms with van der Waals surface area (Å²) in [6, 6.07) is 25.6. The first-order valence-electron chi connectivity index (χ1n) is 27.5. The number of benzene rings is 4. The highest BCUT2D eigenvalue weighted by Gasteiger charge is 2.46. The van der Waals surface area contributed by atoms with Gasteiger partial charge < -0.3 is 49.6 Å². The fourth-order valence-corrected chi connectivity index (χ4v) is 12.2. The van der Waals surface area contributed by atoms with E-state index in [-0.39, 0.29) is 86.5 Å². The Labute approximate surface area is 466 Å². The fraction of sp³-hybridized carbons (Fsp3) is 0.419. The van der Waals surface area contributed by atoms with Gasteiger partial charge in [-0.2, -0.15) is 0 Å². The highest BCUT2D eigenvalue weighted by molar-refractivity contribution is 7.13. The number of nitrogens with zero attached hydrogens (tertiary/aromatic N) is 4. The smallest absolute Gasteiger partial charge is 0.255 e. The zero-order valence-corrected chi connectivity index (χ0v) is 47.3. The number of fused-ring (bicyclic) bond motifs is 1. The fourth-order valence-electron chi connectivity index (χ4n) is 11.4. The molecule has 6 aromatic rings. The van der Waals surface area contributed by atoms with Crippen molar-refractivity contribution in [2.24, 2.45) is 5.92 Å². The largest absolute Gasteiger partial charge is 0.491 e. The molecule has 5 heterocycles. The summed E-state index contributed by atoms with van der Waals surface area (Å²) in [5.74, 6) is -1.07. The highest BCUT2D eigenvalue weighted by Crippen LogP contribution is 2.36. The minimum atomic E-state index is -0.899. The van der Waals surface area contributed by atoms with Crippen LogP contribution >= 0.6 is 11.3 Å². The number of aliphatic hydroxyl groups excluding tert-OH is 1. The summed E-state index contributed by atoms with van der Waals surface area (Å²) in [6.07, 6.45) is 1.01. The van der Waals surface area contributed by atoms with E-state index in [2.05, 4.69) is 38.5 Å². The van der Waals surface area contributed by atoms with Gasteiger partial charge in [0.1, 0.15) is 24.4 Å². The normalized spacial score (nSPS) is 17.2. The number of aromatic nitrogens is 2. The molecule has 4 amide bonds. The van der Waals surface area contributed by atoms with E-state index in [1.165, 1.54) is 4.90 Å². The van der Waals surface area contributed by atoms with E-state index >= 15 is 0 Å². The Morgan fingerprint density at radius 2 is 1.65 bits per heavy atom. The number of rotatable bonds is 20. The molecule has 4 N–H and O–H groups in total. The molecule has 0 aliphatic carbocycles. The van der Waals surface area contributed by atoms with Crippen LogP contribution in [-0.2, 0) is 38.8 Å². The number of aryl methyl sites for hydroxylation is 3. The average Bonchev–Trinajstić information content (AvgIpc) is 4.19. The summed E-state index contributed by atoms with van der Waals surface area (Å²) in [4.78, 5) is 83.1. The second kappa shape index (κ2) is 24.9. The minimum absolute atomic E-state index is 0.00848. The molecule has 2 saturated heterocycles. The molecule has 0 saturated carbocycles. The Balaban J connectivity index is 0.799. The number of carbonyl (C=O) groups is 4. The Hall–Kier alpha value is -7.18. The van der Waals surface area contributed by atoms with E-state index in [9.17, 15) is 29.1 Å². The number of β-amino-alcohol motifs (C(OH)–C–C–N with tert-alkyl or cyclic N) is 1. The van der Waals surface area contributed by atoms with Gasteiger partial charge in [-0.1, -0.05) is 68.4 Å². The van der Waals surface area contributed by atoms with E-state index in [0.29, 0.717) is 42.3 Å². The van der Waals surface area contributed by atoms with Gasteiger partial charge in [0, 0.05) is 79.9 Å². The molecule has 9 rings (SSSR count). The molecular formula is C62H73N7O9S. The Morgan fingerprint density at radius 1 is 0.911 bits per heavy atom.